The lowest BCUT2D eigenvalue weighted by molar-refractivity contribution is 0.266. The minimum Gasteiger partial charge on any atom is -0.394 e. The van der Waals surface area contributed by atoms with E-state index in [1.807, 2.05) is 6.92 Å². The molecule has 18 heavy (non-hydrogen) atoms. The highest BCUT2D eigenvalue weighted by Crippen LogP contribution is 2.34. The molecule has 2 N–H and O–H groups in total. The Labute approximate surface area is 117 Å². The molecule has 1 fully saturated rings. The highest BCUT2D eigenvalue weighted by molar-refractivity contribution is 6.37. The fourth-order valence-corrected chi connectivity index (χ4v) is 2.79. The van der Waals surface area contributed by atoms with Crippen molar-refractivity contribution in [2.24, 2.45) is 0 Å². The number of hydrogen-bond donors (Lipinski definition) is 2. The van der Waals surface area contributed by atoms with Crippen molar-refractivity contribution in [1.82, 2.24) is 4.98 Å². The predicted octanol–water partition coefficient (Wildman–Crippen LogP) is 2.78. The zero-order valence-corrected chi connectivity index (χ0v) is 11.8. The van der Waals surface area contributed by atoms with Gasteiger partial charge in [0.2, 0.25) is 0 Å². The summed E-state index contributed by atoms with van der Waals surface area (Å²) >= 11 is 12.3. The molecule has 0 aliphatic carbocycles. The van der Waals surface area contributed by atoms with Crippen LogP contribution in [0, 0.1) is 0 Å². The first-order chi connectivity index (χ1) is 8.67. The summed E-state index contributed by atoms with van der Waals surface area (Å²) in [6.07, 6.45) is 2.01. The SMILES string of the molecule is CCNc1nc(N2CCCC2CO)c(Cl)cc1Cl. The van der Waals surface area contributed by atoms with Crippen LogP contribution in [0.5, 0.6) is 0 Å². The summed E-state index contributed by atoms with van der Waals surface area (Å²) < 4.78 is 0. The summed E-state index contributed by atoms with van der Waals surface area (Å²) in [6, 6.07) is 1.81. The lowest BCUT2D eigenvalue weighted by Gasteiger charge is -2.25. The Morgan fingerprint density at radius 3 is 2.94 bits per heavy atom. The van der Waals surface area contributed by atoms with E-state index in [2.05, 4.69) is 15.2 Å². The zero-order chi connectivity index (χ0) is 13.1. The van der Waals surface area contributed by atoms with Gasteiger partial charge in [-0.1, -0.05) is 23.2 Å². The molecule has 1 aliphatic heterocycles. The van der Waals surface area contributed by atoms with Gasteiger partial charge >= 0.3 is 0 Å². The van der Waals surface area contributed by atoms with Crippen LogP contribution in [0.3, 0.4) is 0 Å². The molecule has 4 nitrogen and oxygen atoms in total. The number of anilines is 2. The second-order valence-corrected chi connectivity index (χ2v) is 5.14. The predicted molar refractivity (Wildman–Crippen MR) is 75.9 cm³/mol. The summed E-state index contributed by atoms with van der Waals surface area (Å²) in [5, 5.41) is 13.5. The van der Waals surface area contributed by atoms with Gasteiger partial charge in [0.15, 0.2) is 0 Å². The summed E-state index contributed by atoms with van der Waals surface area (Å²) in [6.45, 7) is 3.72. The first-order valence-electron chi connectivity index (χ1n) is 6.14. The molecule has 1 aliphatic rings. The van der Waals surface area contributed by atoms with Crippen LogP contribution in [-0.2, 0) is 0 Å². The number of nitrogens with one attached hydrogen (secondary N) is 1. The van der Waals surface area contributed by atoms with Crippen LogP contribution in [0.25, 0.3) is 0 Å². The minimum atomic E-state index is 0.102. The van der Waals surface area contributed by atoms with Gasteiger partial charge in [0.05, 0.1) is 22.7 Å². The Morgan fingerprint density at radius 2 is 2.28 bits per heavy atom. The van der Waals surface area contributed by atoms with Crippen LogP contribution in [0.1, 0.15) is 19.8 Å². The first kappa shape index (κ1) is 13.7. The van der Waals surface area contributed by atoms with Crippen molar-refractivity contribution in [2.45, 2.75) is 25.8 Å². The van der Waals surface area contributed by atoms with Gasteiger partial charge in [-0.25, -0.2) is 4.98 Å². The number of pyridine rings is 1. The van der Waals surface area contributed by atoms with Gasteiger partial charge in [-0.2, -0.15) is 0 Å². The maximum atomic E-state index is 9.36. The molecular weight excluding hydrogens is 273 g/mol. The summed E-state index contributed by atoms with van der Waals surface area (Å²) in [5.41, 5.74) is 0. The second-order valence-electron chi connectivity index (χ2n) is 4.33. The molecule has 0 radical (unpaired) electrons. The molecule has 1 aromatic rings. The third-order valence-electron chi connectivity index (χ3n) is 3.12. The number of nitrogens with zero attached hydrogens (tertiary/aromatic N) is 2. The van der Waals surface area contributed by atoms with Gasteiger partial charge in [-0.05, 0) is 25.8 Å². The maximum absolute atomic E-state index is 9.36. The molecule has 1 atom stereocenters. The fourth-order valence-electron chi connectivity index (χ4n) is 2.25. The molecular formula is C12H17Cl2N3O. The van der Waals surface area contributed by atoms with Crippen LogP contribution < -0.4 is 10.2 Å². The summed E-state index contributed by atoms with van der Waals surface area (Å²) in [4.78, 5) is 6.54. The van der Waals surface area contributed by atoms with Crippen LogP contribution >= 0.6 is 23.2 Å². The van der Waals surface area contributed by atoms with Crippen molar-refractivity contribution in [3.8, 4) is 0 Å². The Kier molecular flexibility index (Phi) is 4.54. The Hall–Kier alpha value is -0.710. The van der Waals surface area contributed by atoms with E-state index in [4.69, 9.17) is 23.2 Å². The molecule has 0 spiro atoms. The monoisotopic (exact) mass is 289 g/mol. The number of aromatic nitrogens is 1. The first-order valence-corrected chi connectivity index (χ1v) is 6.90. The zero-order valence-electron chi connectivity index (χ0n) is 10.3. The van der Waals surface area contributed by atoms with Gasteiger partial charge in [0.25, 0.3) is 0 Å². The van der Waals surface area contributed by atoms with E-state index in [1.54, 1.807) is 6.07 Å². The van der Waals surface area contributed by atoms with E-state index >= 15 is 0 Å². The molecule has 1 aromatic heterocycles. The number of hydrogen-bond acceptors (Lipinski definition) is 4. The lowest BCUT2D eigenvalue weighted by atomic mass is 10.2. The molecule has 0 bridgehead atoms. The molecule has 0 saturated carbocycles. The quantitative estimate of drug-likeness (QED) is 0.895. The Bertz CT molecular complexity index is 428. The molecule has 1 saturated heterocycles. The van der Waals surface area contributed by atoms with Gasteiger partial charge < -0.3 is 15.3 Å². The lowest BCUT2D eigenvalue weighted by Crippen LogP contribution is -2.33. The number of aliphatic hydroxyl groups excluding tert-OH is 1. The molecule has 6 heteroatoms. The smallest absolute Gasteiger partial charge is 0.150 e. The largest absolute Gasteiger partial charge is 0.394 e. The maximum Gasteiger partial charge on any atom is 0.150 e. The van der Waals surface area contributed by atoms with E-state index in [-0.39, 0.29) is 12.6 Å². The van der Waals surface area contributed by atoms with E-state index in [0.717, 1.165) is 25.9 Å². The molecule has 100 valence electrons. The van der Waals surface area contributed by atoms with Crippen molar-refractivity contribution >= 4 is 34.8 Å². The van der Waals surface area contributed by atoms with Crippen LogP contribution in [0.2, 0.25) is 10.0 Å². The van der Waals surface area contributed by atoms with Crippen LogP contribution in [-0.4, -0.2) is 35.8 Å². The molecule has 0 aromatic carbocycles. The van der Waals surface area contributed by atoms with Crippen molar-refractivity contribution < 1.29 is 5.11 Å². The van der Waals surface area contributed by atoms with Crippen molar-refractivity contribution in [3.63, 3.8) is 0 Å². The third kappa shape index (κ3) is 2.66. The summed E-state index contributed by atoms with van der Waals surface area (Å²) in [5.74, 6) is 1.34. The molecule has 2 heterocycles. The Morgan fingerprint density at radius 1 is 1.50 bits per heavy atom. The third-order valence-corrected chi connectivity index (χ3v) is 3.68. The number of rotatable bonds is 4. The van der Waals surface area contributed by atoms with Crippen molar-refractivity contribution in [2.75, 3.05) is 29.9 Å². The van der Waals surface area contributed by atoms with Gasteiger partial charge in [0, 0.05) is 13.1 Å². The van der Waals surface area contributed by atoms with Crippen molar-refractivity contribution in [3.05, 3.63) is 16.1 Å². The number of halogens is 2. The average molecular weight is 290 g/mol. The minimum absolute atomic E-state index is 0.102. The topological polar surface area (TPSA) is 48.4 Å². The second kappa shape index (κ2) is 5.95. The highest BCUT2D eigenvalue weighted by atomic mass is 35.5. The van der Waals surface area contributed by atoms with E-state index in [9.17, 15) is 5.11 Å². The van der Waals surface area contributed by atoms with Crippen LogP contribution in [0.4, 0.5) is 11.6 Å². The van der Waals surface area contributed by atoms with E-state index < -0.39 is 0 Å². The average Bonchev–Trinajstić information content (AvgIpc) is 2.80. The van der Waals surface area contributed by atoms with E-state index in [0.29, 0.717) is 21.7 Å². The van der Waals surface area contributed by atoms with Crippen molar-refractivity contribution in [1.29, 1.82) is 0 Å². The van der Waals surface area contributed by atoms with Gasteiger partial charge in [-0.3, -0.25) is 0 Å². The van der Waals surface area contributed by atoms with Gasteiger partial charge in [0.1, 0.15) is 11.6 Å². The standard InChI is InChI=1S/C12H17Cl2N3O/c1-2-15-11-9(13)6-10(14)12(16-11)17-5-3-4-8(17)7-18/h6,8,18H,2-5,7H2,1H3,(H,15,16). The van der Waals surface area contributed by atoms with Crippen LogP contribution in [0.15, 0.2) is 6.07 Å². The normalized spacial score (nSPS) is 19.3. The Balaban J connectivity index is 2.34. The fraction of sp³-hybridized carbons (Fsp3) is 0.583. The molecule has 1 unspecified atom stereocenters. The molecule has 2 rings (SSSR count). The van der Waals surface area contributed by atoms with E-state index in [1.165, 1.54) is 0 Å². The molecule has 0 amide bonds. The highest BCUT2D eigenvalue weighted by Gasteiger charge is 2.27. The summed E-state index contributed by atoms with van der Waals surface area (Å²) in [7, 11) is 0. The number of aliphatic hydroxyl groups is 1. The van der Waals surface area contributed by atoms with Gasteiger partial charge in [-0.15, -0.1) is 0 Å².